The molecule has 13 heteroatoms. The third kappa shape index (κ3) is 7.31. The number of carbonyl (C=O) groups is 4. The smallest absolute Gasteiger partial charge is 0.423 e. The summed E-state index contributed by atoms with van der Waals surface area (Å²) in [6.45, 7) is 20.0. The van der Waals surface area contributed by atoms with E-state index in [-0.39, 0.29) is 11.4 Å². The first kappa shape index (κ1) is 36.3. The van der Waals surface area contributed by atoms with Gasteiger partial charge in [0.2, 0.25) is 0 Å². The fourth-order valence-corrected chi connectivity index (χ4v) is 6.25. The number of carbonyl (C=O) groups excluding carboxylic acids is 4. The van der Waals surface area contributed by atoms with Gasteiger partial charge in [-0.05, 0) is 107 Å². The molecule has 268 valence electrons. The molecule has 4 aromatic rings. The highest BCUT2D eigenvalue weighted by Gasteiger charge is 2.39. The fraction of sp³-hybridized carbons (Fsp3) is 0.514. The van der Waals surface area contributed by atoms with Crippen LogP contribution in [0.1, 0.15) is 109 Å². The predicted molar refractivity (Wildman–Crippen MR) is 190 cm³/mol. The van der Waals surface area contributed by atoms with Gasteiger partial charge in [0.15, 0.2) is 0 Å². The molecule has 1 aliphatic heterocycles. The lowest BCUT2D eigenvalue weighted by Gasteiger charge is -2.30. The molecular weight excluding hydrogens is 640 g/mol. The van der Waals surface area contributed by atoms with Crippen LogP contribution in [0.5, 0.6) is 0 Å². The Labute approximate surface area is 292 Å². The van der Waals surface area contributed by atoms with Gasteiger partial charge < -0.3 is 14.2 Å². The number of amides is 3. The van der Waals surface area contributed by atoms with E-state index in [9.17, 15) is 19.2 Å². The second kappa shape index (κ2) is 12.7. The molecule has 0 bridgehead atoms. The second-order valence-corrected chi connectivity index (χ2v) is 15.8. The summed E-state index contributed by atoms with van der Waals surface area (Å²) in [6.07, 6.45) is 0.708. The van der Waals surface area contributed by atoms with E-state index in [1.807, 2.05) is 13.8 Å². The molecule has 0 spiro atoms. The molecule has 3 amide bonds. The van der Waals surface area contributed by atoms with Gasteiger partial charge in [-0.3, -0.25) is 14.4 Å². The minimum Gasteiger partial charge on any atom is -0.444 e. The number of fused-ring (bicyclic) bond motifs is 2. The van der Waals surface area contributed by atoms with Gasteiger partial charge in [-0.2, -0.15) is 10.00 Å². The van der Waals surface area contributed by atoms with Gasteiger partial charge in [0, 0.05) is 42.2 Å². The van der Waals surface area contributed by atoms with Crippen LogP contribution in [-0.2, 0) is 21.3 Å². The van der Waals surface area contributed by atoms with Crippen molar-refractivity contribution in [3.05, 3.63) is 53.0 Å². The number of rotatable bonds is 3. The maximum Gasteiger partial charge on any atom is 0.423 e. The van der Waals surface area contributed by atoms with Crippen molar-refractivity contribution in [3.8, 4) is 0 Å². The van der Waals surface area contributed by atoms with Crippen LogP contribution in [0.3, 0.4) is 0 Å². The van der Waals surface area contributed by atoms with Crippen molar-refractivity contribution in [2.75, 3.05) is 11.4 Å². The average Bonchev–Trinajstić information content (AvgIpc) is 3.64. The first-order valence-electron chi connectivity index (χ1n) is 16.8. The lowest BCUT2D eigenvalue weighted by molar-refractivity contribution is 0.0211. The van der Waals surface area contributed by atoms with Crippen molar-refractivity contribution >= 4 is 51.8 Å². The Balaban J connectivity index is 1.70. The van der Waals surface area contributed by atoms with Crippen molar-refractivity contribution < 1.29 is 33.4 Å². The van der Waals surface area contributed by atoms with Crippen molar-refractivity contribution in [1.82, 2.24) is 24.2 Å². The first-order chi connectivity index (χ1) is 23.1. The Bertz CT molecular complexity index is 2000. The number of hydrogen-bond donors (Lipinski definition) is 0. The number of nitrogens with zero attached hydrogens (tertiary/aromatic N) is 6. The summed E-state index contributed by atoms with van der Waals surface area (Å²) in [6, 6.07) is 6.09. The number of hydrogen-bond acceptors (Lipinski definition) is 9. The molecule has 1 atom stereocenters. The van der Waals surface area contributed by atoms with Crippen LogP contribution >= 0.6 is 0 Å². The molecule has 50 heavy (non-hydrogen) atoms. The highest BCUT2D eigenvalue weighted by Crippen LogP contribution is 2.40. The highest BCUT2D eigenvalue weighted by atomic mass is 16.6. The topological polar surface area (TPSA) is 138 Å². The van der Waals surface area contributed by atoms with Crippen LogP contribution in [0.25, 0.3) is 21.8 Å². The summed E-state index contributed by atoms with van der Waals surface area (Å²) in [5.41, 5.74) is 0.839. The average molecular weight is 689 g/mol. The zero-order valence-electron chi connectivity index (χ0n) is 31.1. The monoisotopic (exact) mass is 688 g/mol. The fourth-order valence-electron chi connectivity index (χ4n) is 6.25. The van der Waals surface area contributed by atoms with E-state index >= 15 is 0 Å². The number of aromatic nitrogens is 4. The molecule has 1 aromatic carbocycles. The number of anilines is 1. The summed E-state index contributed by atoms with van der Waals surface area (Å²) >= 11 is 0. The van der Waals surface area contributed by atoms with E-state index in [0.29, 0.717) is 47.1 Å². The van der Waals surface area contributed by atoms with Crippen LogP contribution in [0, 0.1) is 13.8 Å². The summed E-state index contributed by atoms with van der Waals surface area (Å²) in [7, 11) is 1.78. The molecule has 0 radical (unpaired) electrons. The van der Waals surface area contributed by atoms with Crippen LogP contribution in [0.4, 0.5) is 20.2 Å². The molecule has 13 nitrogen and oxygen atoms in total. The maximum absolute atomic E-state index is 14.3. The largest absolute Gasteiger partial charge is 0.444 e. The first-order valence-corrected chi connectivity index (χ1v) is 16.8. The van der Waals surface area contributed by atoms with Gasteiger partial charge in [-0.25, -0.2) is 23.9 Å². The number of ether oxygens (including phenoxy) is 3. The van der Waals surface area contributed by atoms with Gasteiger partial charge in [-0.1, -0.05) is 6.07 Å². The van der Waals surface area contributed by atoms with Crippen LogP contribution in [0.2, 0.25) is 0 Å². The van der Waals surface area contributed by atoms with E-state index < -0.39 is 47.0 Å². The summed E-state index contributed by atoms with van der Waals surface area (Å²) in [4.78, 5) is 62.7. The van der Waals surface area contributed by atoms with Gasteiger partial charge in [0.05, 0.1) is 28.5 Å². The number of aryl methyl sites for hydroxylation is 3. The van der Waals surface area contributed by atoms with E-state index in [1.54, 1.807) is 97.1 Å². The Morgan fingerprint density at radius 2 is 1.44 bits per heavy atom. The van der Waals surface area contributed by atoms with E-state index in [0.717, 1.165) is 16.0 Å². The third-order valence-electron chi connectivity index (χ3n) is 8.20. The molecular formula is C37H48N6O7. The molecule has 0 N–H and O–H groups in total. The van der Waals surface area contributed by atoms with Crippen LogP contribution in [0.15, 0.2) is 30.5 Å². The summed E-state index contributed by atoms with van der Waals surface area (Å²) in [5, 5.41) is 5.91. The number of pyridine rings is 1. The van der Waals surface area contributed by atoms with Gasteiger partial charge in [0.25, 0.3) is 5.91 Å². The van der Waals surface area contributed by atoms with Gasteiger partial charge in [0.1, 0.15) is 22.6 Å². The molecule has 4 heterocycles. The summed E-state index contributed by atoms with van der Waals surface area (Å²) < 4.78 is 20.4. The van der Waals surface area contributed by atoms with Crippen molar-refractivity contribution in [3.63, 3.8) is 0 Å². The lowest BCUT2D eigenvalue weighted by atomic mass is 10.1. The molecule has 0 aliphatic carbocycles. The van der Waals surface area contributed by atoms with Crippen molar-refractivity contribution in [2.24, 2.45) is 7.05 Å². The number of imide groups is 1. The van der Waals surface area contributed by atoms with Crippen LogP contribution in [-0.4, -0.2) is 71.8 Å². The van der Waals surface area contributed by atoms with Crippen LogP contribution < -0.4 is 4.90 Å². The second-order valence-electron chi connectivity index (χ2n) is 15.8. The molecule has 5 rings (SSSR count). The Morgan fingerprint density at radius 3 is 2.06 bits per heavy atom. The lowest BCUT2D eigenvalue weighted by Crippen LogP contribution is -2.41. The van der Waals surface area contributed by atoms with Crippen molar-refractivity contribution in [2.45, 2.75) is 112 Å². The molecule has 1 unspecified atom stereocenters. The Morgan fingerprint density at radius 1 is 0.820 bits per heavy atom. The zero-order valence-corrected chi connectivity index (χ0v) is 31.1. The third-order valence-corrected chi connectivity index (χ3v) is 8.20. The van der Waals surface area contributed by atoms with E-state index in [2.05, 4.69) is 10.1 Å². The van der Waals surface area contributed by atoms with E-state index in [1.165, 1.54) is 16.8 Å². The van der Waals surface area contributed by atoms with E-state index in [4.69, 9.17) is 14.2 Å². The molecule has 1 aliphatic rings. The number of benzene rings is 1. The van der Waals surface area contributed by atoms with Crippen molar-refractivity contribution in [1.29, 1.82) is 0 Å². The van der Waals surface area contributed by atoms with Gasteiger partial charge in [-0.15, -0.1) is 0 Å². The Hall–Kier alpha value is -4.94. The summed E-state index contributed by atoms with van der Waals surface area (Å²) in [5.74, 6) is -0.728. The minimum absolute atomic E-state index is 0.0534. The molecule has 3 aromatic heterocycles. The molecule has 1 saturated heterocycles. The predicted octanol–water partition coefficient (Wildman–Crippen LogP) is 7.98. The Kier molecular flexibility index (Phi) is 9.26. The standard InChI is InChI=1S/C37H48N6O7/c1-21-25-20-38-29(43(34(47)50-37(9,10)11)31(44)23-15-16-24-22(2)39-40(12)27(24)18-23)19-28(25)42(33(46)49-36(6,7)8)30(21)26-14-13-17-41(26)32(45)48-35(3,4)5/h15-16,18-20,26H,13-14,17H2,1-12H3. The maximum atomic E-state index is 14.3. The molecule has 1 fully saturated rings. The quantitative estimate of drug-likeness (QED) is 0.196. The molecule has 0 saturated carbocycles. The number of likely N-dealkylation sites (tertiary alicyclic amines) is 1. The minimum atomic E-state index is -0.935. The SMILES string of the molecule is Cc1nn(C)c2cc(C(=O)N(C(=O)OC(C)(C)C)c3cc4c(cn3)c(C)c(C3CCCN3C(=O)OC(C)(C)C)n4C(=O)OC(C)(C)C)ccc12. The zero-order chi connectivity index (χ0) is 37.1. The highest BCUT2D eigenvalue weighted by molar-refractivity contribution is 6.20. The normalized spacial score (nSPS) is 15.4. The van der Waals surface area contributed by atoms with Gasteiger partial charge >= 0.3 is 18.3 Å².